The molecule has 0 radical (unpaired) electrons. The predicted molar refractivity (Wildman–Crippen MR) is 105 cm³/mol. The molecule has 0 saturated carbocycles. The van der Waals surface area contributed by atoms with Gasteiger partial charge in [-0.3, -0.25) is 4.72 Å². The largest absolute Gasteiger partial charge is 0.492 e. The SMILES string of the molecule is CCOc1cc(C)ccc1S(=O)(=O)Nc1ccc2c(c1)CN(CC)C(=O)N2. The molecule has 0 bridgehead atoms. The van der Waals surface area contributed by atoms with E-state index in [-0.39, 0.29) is 10.9 Å². The number of anilines is 2. The fraction of sp³-hybridized carbons (Fsp3) is 0.316. The summed E-state index contributed by atoms with van der Waals surface area (Å²) in [5.74, 6) is 0.326. The second-order valence-corrected chi connectivity index (χ2v) is 7.96. The van der Waals surface area contributed by atoms with Crippen LogP contribution in [0.1, 0.15) is 25.0 Å². The summed E-state index contributed by atoms with van der Waals surface area (Å²) >= 11 is 0. The highest BCUT2D eigenvalue weighted by atomic mass is 32.2. The van der Waals surface area contributed by atoms with E-state index in [2.05, 4.69) is 10.0 Å². The van der Waals surface area contributed by atoms with Crippen molar-refractivity contribution < 1.29 is 17.9 Å². The Kier molecular flexibility index (Phi) is 5.27. The Balaban J connectivity index is 1.90. The molecule has 2 aromatic rings. The summed E-state index contributed by atoms with van der Waals surface area (Å²) in [4.78, 5) is 13.6. The Bertz CT molecular complexity index is 973. The van der Waals surface area contributed by atoms with Gasteiger partial charge in [0.15, 0.2) is 0 Å². The number of carbonyl (C=O) groups excluding carboxylic acids is 1. The zero-order valence-corrected chi connectivity index (χ0v) is 16.4. The Hall–Kier alpha value is -2.74. The van der Waals surface area contributed by atoms with Gasteiger partial charge in [-0.15, -0.1) is 0 Å². The van der Waals surface area contributed by atoms with Crippen LogP contribution in [0.15, 0.2) is 41.3 Å². The van der Waals surface area contributed by atoms with Crippen LogP contribution in [0.4, 0.5) is 16.2 Å². The van der Waals surface area contributed by atoms with Crippen LogP contribution in [0.25, 0.3) is 0 Å². The smallest absolute Gasteiger partial charge is 0.322 e. The minimum absolute atomic E-state index is 0.0937. The Morgan fingerprint density at radius 1 is 1.19 bits per heavy atom. The van der Waals surface area contributed by atoms with E-state index in [4.69, 9.17) is 4.74 Å². The first-order valence-corrected chi connectivity index (χ1v) is 10.3. The molecule has 0 saturated heterocycles. The van der Waals surface area contributed by atoms with E-state index in [9.17, 15) is 13.2 Å². The van der Waals surface area contributed by atoms with Crippen LogP contribution in [-0.4, -0.2) is 32.5 Å². The lowest BCUT2D eigenvalue weighted by atomic mass is 10.1. The average Bonchev–Trinajstić information content (AvgIpc) is 2.61. The molecule has 2 aromatic carbocycles. The first-order valence-electron chi connectivity index (χ1n) is 8.79. The van der Waals surface area contributed by atoms with E-state index in [1.54, 1.807) is 41.3 Å². The first-order chi connectivity index (χ1) is 12.8. The number of fused-ring (bicyclic) bond motifs is 1. The lowest BCUT2D eigenvalue weighted by molar-refractivity contribution is 0.210. The van der Waals surface area contributed by atoms with Gasteiger partial charge < -0.3 is 15.0 Å². The van der Waals surface area contributed by atoms with E-state index in [1.807, 2.05) is 20.8 Å². The van der Waals surface area contributed by atoms with Crippen LogP contribution in [0.5, 0.6) is 5.75 Å². The van der Waals surface area contributed by atoms with Gasteiger partial charge in [-0.25, -0.2) is 13.2 Å². The first kappa shape index (κ1) is 19.0. The Morgan fingerprint density at radius 2 is 1.96 bits per heavy atom. The van der Waals surface area contributed by atoms with Crippen molar-refractivity contribution in [2.75, 3.05) is 23.2 Å². The van der Waals surface area contributed by atoms with Gasteiger partial charge in [-0.2, -0.15) is 0 Å². The highest BCUT2D eigenvalue weighted by Gasteiger charge is 2.23. The molecular weight excluding hydrogens is 366 g/mol. The molecule has 0 unspecified atom stereocenters. The number of nitrogens with zero attached hydrogens (tertiary/aromatic N) is 1. The molecule has 0 aromatic heterocycles. The van der Waals surface area contributed by atoms with Gasteiger partial charge in [0.1, 0.15) is 10.6 Å². The van der Waals surface area contributed by atoms with Crippen molar-refractivity contribution >= 4 is 27.4 Å². The lowest BCUT2D eigenvalue weighted by Crippen LogP contribution is -2.38. The summed E-state index contributed by atoms with van der Waals surface area (Å²) in [6.45, 7) is 6.96. The fourth-order valence-electron chi connectivity index (χ4n) is 2.95. The fourth-order valence-corrected chi connectivity index (χ4v) is 4.13. The Morgan fingerprint density at radius 3 is 2.67 bits per heavy atom. The molecule has 0 aliphatic carbocycles. The standard InChI is InChI=1S/C19H23N3O4S/c1-4-22-12-14-11-15(7-8-16(14)20-19(22)23)21-27(24,25)18-9-6-13(3)10-17(18)26-5-2/h6-11,21H,4-5,12H2,1-3H3,(H,20,23). The van der Waals surface area contributed by atoms with Gasteiger partial charge in [0.25, 0.3) is 10.0 Å². The van der Waals surface area contributed by atoms with Gasteiger partial charge in [-0.1, -0.05) is 6.07 Å². The van der Waals surface area contributed by atoms with Gasteiger partial charge in [0.05, 0.1) is 6.61 Å². The maximum atomic E-state index is 12.9. The third kappa shape index (κ3) is 4.00. The van der Waals surface area contributed by atoms with Gasteiger partial charge in [-0.05, 0) is 62.2 Å². The van der Waals surface area contributed by atoms with Gasteiger partial charge in [0.2, 0.25) is 0 Å². The minimum atomic E-state index is -3.82. The molecule has 7 nitrogen and oxygen atoms in total. The minimum Gasteiger partial charge on any atom is -0.492 e. The normalized spacial score (nSPS) is 13.7. The van der Waals surface area contributed by atoms with Crippen molar-refractivity contribution in [3.63, 3.8) is 0 Å². The van der Waals surface area contributed by atoms with Gasteiger partial charge >= 0.3 is 6.03 Å². The summed E-state index contributed by atoms with van der Waals surface area (Å²) in [5.41, 5.74) is 2.90. The van der Waals surface area contributed by atoms with Crippen molar-refractivity contribution in [3.05, 3.63) is 47.5 Å². The van der Waals surface area contributed by atoms with Crippen LogP contribution < -0.4 is 14.8 Å². The zero-order valence-electron chi connectivity index (χ0n) is 15.6. The molecule has 1 aliphatic rings. The molecule has 1 aliphatic heterocycles. The number of hydrogen-bond donors (Lipinski definition) is 2. The molecule has 0 fully saturated rings. The number of ether oxygens (including phenoxy) is 1. The number of urea groups is 1. The van der Waals surface area contributed by atoms with E-state index in [1.165, 1.54) is 0 Å². The zero-order chi connectivity index (χ0) is 19.6. The summed E-state index contributed by atoms with van der Waals surface area (Å²) in [6, 6.07) is 9.91. The summed E-state index contributed by atoms with van der Waals surface area (Å²) in [7, 11) is -3.82. The molecule has 2 amide bonds. The molecular formula is C19H23N3O4S. The van der Waals surface area contributed by atoms with E-state index < -0.39 is 10.0 Å². The van der Waals surface area contributed by atoms with E-state index in [0.717, 1.165) is 11.1 Å². The number of rotatable bonds is 6. The molecule has 27 heavy (non-hydrogen) atoms. The van der Waals surface area contributed by atoms with E-state index in [0.29, 0.717) is 36.8 Å². The number of aryl methyl sites for hydroxylation is 1. The third-order valence-corrected chi connectivity index (χ3v) is 5.74. The Labute approximate surface area is 159 Å². The quantitative estimate of drug-likeness (QED) is 0.791. The molecule has 1 heterocycles. The molecule has 3 rings (SSSR count). The molecule has 0 atom stereocenters. The number of sulfonamides is 1. The van der Waals surface area contributed by atoms with Crippen LogP contribution in [-0.2, 0) is 16.6 Å². The summed E-state index contributed by atoms with van der Waals surface area (Å²) in [6.07, 6.45) is 0. The van der Waals surface area contributed by atoms with Crippen molar-refractivity contribution in [2.24, 2.45) is 0 Å². The highest BCUT2D eigenvalue weighted by molar-refractivity contribution is 7.92. The third-order valence-electron chi connectivity index (χ3n) is 4.32. The number of amides is 2. The van der Waals surface area contributed by atoms with Crippen molar-refractivity contribution in [1.82, 2.24) is 4.90 Å². The maximum Gasteiger partial charge on any atom is 0.322 e. The number of nitrogens with one attached hydrogen (secondary N) is 2. The van der Waals surface area contributed by atoms with Crippen LogP contribution in [0.2, 0.25) is 0 Å². The maximum absolute atomic E-state index is 12.9. The number of benzene rings is 2. The van der Waals surface area contributed by atoms with Crippen molar-refractivity contribution in [1.29, 1.82) is 0 Å². The second kappa shape index (κ2) is 7.48. The monoisotopic (exact) mass is 389 g/mol. The van der Waals surface area contributed by atoms with Crippen molar-refractivity contribution in [2.45, 2.75) is 32.2 Å². The summed E-state index contributed by atoms with van der Waals surface area (Å²) < 4.78 is 33.9. The predicted octanol–water partition coefficient (Wildman–Crippen LogP) is 3.56. The van der Waals surface area contributed by atoms with Crippen LogP contribution in [0.3, 0.4) is 0 Å². The highest BCUT2D eigenvalue weighted by Crippen LogP contribution is 2.30. The topological polar surface area (TPSA) is 87.7 Å². The average molecular weight is 389 g/mol. The second-order valence-electron chi connectivity index (χ2n) is 6.30. The number of hydrogen-bond acceptors (Lipinski definition) is 4. The molecule has 144 valence electrons. The lowest BCUT2D eigenvalue weighted by Gasteiger charge is -2.28. The van der Waals surface area contributed by atoms with E-state index >= 15 is 0 Å². The number of carbonyl (C=O) groups is 1. The molecule has 8 heteroatoms. The molecule has 0 spiro atoms. The van der Waals surface area contributed by atoms with Crippen molar-refractivity contribution in [3.8, 4) is 5.75 Å². The van der Waals surface area contributed by atoms with Crippen LogP contribution >= 0.6 is 0 Å². The van der Waals surface area contributed by atoms with Crippen LogP contribution in [0, 0.1) is 6.92 Å². The summed E-state index contributed by atoms with van der Waals surface area (Å²) in [5, 5.41) is 2.80. The molecule has 2 N–H and O–H groups in total. The van der Waals surface area contributed by atoms with Gasteiger partial charge in [0, 0.05) is 24.5 Å².